The molecular formula is C16H24N2O3. The third-order valence-corrected chi connectivity index (χ3v) is 3.85. The maximum Gasteiger partial charge on any atom is 0.344 e. The van der Waals surface area contributed by atoms with Gasteiger partial charge in [-0.05, 0) is 45.0 Å². The molecule has 0 aliphatic carbocycles. The summed E-state index contributed by atoms with van der Waals surface area (Å²) in [5.41, 5.74) is 6.25. The van der Waals surface area contributed by atoms with Gasteiger partial charge in [-0.15, -0.1) is 0 Å². The van der Waals surface area contributed by atoms with Gasteiger partial charge in [-0.25, -0.2) is 4.79 Å². The number of hydrogen-bond acceptors (Lipinski definition) is 5. The van der Waals surface area contributed by atoms with Crippen LogP contribution in [0.4, 0.5) is 5.69 Å². The molecule has 2 N–H and O–H groups in total. The predicted octanol–water partition coefficient (Wildman–Crippen LogP) is 2.07. The molecule has 1 aliphatic heterocycles. The topological polar surface area (TPSA) is 64.8 Å². The minimum Gasteiger partial charge on any atom is -0.482 e. The highest BCUT2D eigenvalue weighted by Crippen LogP contribution is 2.18. The fourth-order valence-electron chi connectivity index (χ4n) is 2.61. The zero-order valence-electron chi connectivity index (χ0n) is 12.6. The number of nitrogens with two attached hydrogens (primary N) is 1. The smallest absolute Gasteiger partial charge is 0.344 e. The Balaban J connectivity index is 1.63. The maximum atomic E-state index is 11.6. The summed E-state index contributed by atoms with van der Waals surface area (Å²) >= 11 is 0. The molecule has 0 spiro atoms. The van der Waals surface area contributed by atoms with Crippen LogP contribution in [0, 0.1) is 0 Å². The lowest BCUT2D eigenvalue weighted by molar-refractivity contribution is -0.146. The number of nitrogen functional groups attached to an aromatic ring is 1. The number of benzene rings is 1. The number of hydrogen-bond donors (Lipinski definition) is 1. The number of anilines is 1. The van der Waals surface area contributed by atoms with Gasteiger partial charge < -0.3 is 20.1 Å². The Morgan fingerprint density at radius 1 is 1.43 bits per heavy atom. The first-order valence-corrected chi connectivity index (χ1v) is 7.49. The van der Waals surface area contributed by atoms with Crippen LogP contribution in [0.15, 0.2) is 24.3 Å². The van der Waals surface area contributed by atoms with Crippen LogP contribution in [-0.4, -0.2) is 43.7 Å². The van der Waals surface area contributed by atoms with Crippen molar-refractivity contribution in [2.45, 2.75) is 31.7 Å². The molecule has 1 atom stereocenters. The lowest BCUT2D eigenvalue weighted by Crippen LogP contribution is -2.37. The second kappa shape index (κ2) is 7.88. The average Bonchev–Trinajstić information content (AvgIpc) is 2.47. The number of piperidine rings is 1. The van der Waals surface area contributed by atoms with Crippen LogP contribution in [0.3, 0.4) is 0 Å². The van der Waals surface area contributed by atoms with Crippen molar-refractivity contribution in [1.29, 1.82) is 0 Å². The highest BCUT2D eigenvalue weighted by Gasteiger charge is 2.18. The van der Waals surface area contributed by atoms with E-state index in [1.165, 1.54) is 19.3 Å². The Hall–Kier alpha value is -1.75. The molecular weight excluding hydrogens is 268 g/mol. The van der Waals surface area contributed by atoms with Gasteiger partial charge in [0.05, 0.1) is 6.61 Å². The molecule has 5 heteroatoms. The van der Waals surface area contributed by atoms with Crippen LogP contribution in [0.5, 0.6) is 5.75 Å². The van der Waals surface area contributed by atoms with Gasteiger partial charge in [-0.2, -0.15) is 0 Å². The molecule has 2 rings (SSSR count). The number of carbonyl (C=O) groups excluding carboxylic acids is 1. The highest BCUT2D eigenvalue weighted by atomic mass is 16.6. The van der Waals surface area contributed by atoms with E-state index in [1.807, 2.05) is 0 Å². The van der Waals surface area contributed by atoms with Gasteiger partial charge in [0, 0.05) is 17.8 Å². The van der Waals surface area contributed by atoms with Crippen LogP contribution in [0.2, 0.25) is 0 Å². The summed E-state index contributed by atoms with van der Waals surface area (Å²) < 4.78 is 10.6. The van der Waals surface area contributed by atoms with Crippen LogP contribution >= 0.6 is 0 Å². The van der Waals surface area contributed by atoms with Gasteiger partial charge >= 0.3 is 5.97 Å². The van der Waals surface area contributed by atoms with E-state index in [-0.39, 0.29) is 12.6 Å². The largest absolute Gasteiger partial charge is 0.482 e. The Bertz CT molecular complexity index is 465. The Kier molecular flexibility index (Phi) is 5.87. The standard InChI is InChI=1S/C16H24N2O3/c1-18-9-3-2-6-14(18)8-10-20-16(19)12-21-15-7-4-5-13(17)11-15/h4-5,7,11,14H,2-3,6,8-10,12,17H2,1H3. The van der Waals surface area contributed by atoms with Crippen molar-refractivity contribution in [3.05, 3.63) is 24.3 Å². The molecule has 0 bridgehead atoms. The molecule has 1 aliphatic rings. The number of esters is 1. The number of likely N-dealkylation sites (tertiary alicyclic amines) is 1. The normalized spacial score (nSPS) is 19.2. The summed E-state index contributed by atoms with van der Waals surface area (Å²) in [5.74, 6) is 0.245. The van der Waals surface area contributed by atoms with Crippen LogP contribution in [-0.2, 0) is 9.53 Å². The lowest BCUT2D eigenvalue weighted by Gasteiger charge is -2.32. The minimum atomic E-state index is -0.337. The van der Waals surface area contributed by atoms with Gasteiger partial charge in [0.1, 0.15) is 5.75 Å². The second-order valence-corrected chi connectivity index (χ2v) is 5.50. The monoisotopic (exact) mass is 292 g/mol. The van der Waals surface area contributed by atoms with Crippen LogP contribution < -0.4 is 10.5 Å². The number of nitrogens with zero attached hydrogens (tertiary/aromatic N) is 1. The van der Waals surface area contributed by atoms with Crippen molar-refractivity contribution in [2.75, 3.05) is 32.5 Å². The molecule has 21 heavy (non-hydrogen) atoms. The van der Waals surface area contributed by atoms with Gasteiger partial charge in [0.25, 0.3) is 0 Å². The van der Waals surface area contributed by atoms with E-state index in [4.69, 9.17) is 15.2 Å². The molecule has 1 saturated heterocycles. The third-order valence-electron chi connectivity index (χ3n) is 3.85. The third kappa shape index (κ3) is 5.27. The molecule has 1 fully saturated rings. The average molecular weight is 292 g/mol. The molecule has 1 aromatic rings. The number of rotatable bonds is 6. The molecule has 5 nitrogen and oxygen atoms in total. The Labute approximate surface area is 126 Å². The van der Waals surface area contributed by atoms with Crippen molar-refractivity contribution >= 4 is 11.7 Å². The van der Waals surface area contributed by atoms with Crippen molar-refractivity contribution in [3.8, 4) is 5.75 Å². The van der Waals surface area contributed by atoms with Crippen molar-refractivity contribution in [3.63, 3.8) is 0 Å². The molecule has 1 heterocycles. The van der Waals surface area contributed by atoms with Gasteiger partial charge in [-0.3, -0.25) is 0 Å². The van der Waals surface area contributed by atoms with E-state index in [2.05, 4.69) is 11.9 Å². The van der Waals surface area contributed by atoms with E-state index in [0.29, 0.717) is 24.1 Å². The molecule has 0 saturated carbocycles. The Morgan fingerprint density at radius 3 is 3.05 bits per heavy atom. The van der Waals surface area contributed by atoms with Gasteiger partial charge in [-0.1, -0.05) is 12.5 Å². The second-order valence-electron chi connectivity index (χ2n) is 5.50. The quantitative estimate of drug-likeness (QED) is 0.642. The van der Waals surface area contributed by atoms with Crippen LogP contribution in [0.1, 0.15) is 25.7 Å². The van der Waals surface area contributed by atoms with Crippen molar-refractivity contribution in [1.82, 2.24) is 4.90 Å². The fraction of sp³-hybridized carbons (Fsp3) is 0.562. The minimum absolute atomic E-state index is 0.0794. The number of ether oxygens (including phenoxy) is 2. The van der Waals surface area contributed by atoms with Gasteiger partial charge in [0.2, 0.25) is 0 Å². The zero-order chi connectivity index (χ0) is 15.1. The fourth-order valence-corrected chi connectivity index (χ4v) is 2.61. The lowest BCUT2D eigenvalue weighted by atomic mass is 10.0. The summed E-state index contributed by atoms with van der Waals surface area (Å²) in [5, 5.41) is 0. The molecule has 0 amide bonds. The van der Waals surface area contributed by atoms with Crippen molar-refractivity contribution in [2.24, 2.45) is 0 Å². The van der Waals surface area contributed by atoms with E-state index >= 15 is 0 Å². The van der Waals surface area contributed by atoms with E-state index < -0.39 is 0 Å². The summed E-state index contributed by atoms with van der Waals surface area (Å²) in [6.07, 6.45) is 4.61. The maximum absolute atomic E-state index is 11.6. The molecule has 0 aromatic heterocycles. The van der Waals surface area contributed by atoms with Crippen molar-refractivity contribution < 1.29 is 14.3 Å². The molecule has 116 valence electrons. The van der Waals surface area contributed by atoms with Gasteiger partial charge in [0.15, 0.2) is 6.61 Å². The summed E-state index contributed by atoms with van der Waals surface area (Å²) in [4.78, 5) is 14.0. The first-order chi connectivity index (χ1) is 10.1. The molecule has 1 aromatic carbocycles. The predicted molar refractivity (Wildman–Crippen MR) is 82.2 cm³/mol. The van der Waals surface area contributed by atoms with Crippen LogP contribution in [0.25, 0.3) is 0 Å². The Morgan fingerprint density at radius 2 is 2.29 bits per heavy atom. The SMILES string of the molecule is CN1CCCCC1CCOC(=O)COc1cccc(N)c1. The summed E-state index contributed by atoms with van der Waals surface area (Å²) in [7, 11) is 2.13. The summed E-state index contributed by atoms with van der Waals surface area (Å²) in [6, 6.07) is 7.53. The zero-order valence-corrected chi connectivity index (χ0v) is 12.6. The first kappa shape index (κ1) is 15.6. The number of carbonyl (C=O) groups is 1. The highest BCUT2D eigenvalue weighted by molar-refractivity contribution is 5.71. The van der Waals surface area contributed by atoms with E-state index in [0.717, 1.165) is 13.0 Å². The summed E-state index contributed by atoms with van der Waals surface area (Å²) in [6.45, 7) is 1.51. The first-order valence-electron chi connectivity index (χ1n) is 7.49. The van der Waals surface area contributed by atoms with E-state index in [1.54, 1.807) is 24.3 Å². The molecule has 0 radical (unpaired) electrons. The molecule has 1 unspecified atom stereocenters. The van der Waals surface area contributed by atoms with E-state index in [9.17, 15) is 4.79 Å².